The summed E-state index contributed by atoms with van der Waals surface area (Å²) in [6, 6.07) is 6.04. The van der Waals surface area contributed by atoms with Gasteiger partial charge in [0.1, 0.15) is 11.4 Å². The Bertz CT molecular complexity index is 1160. The van der Waals surface area contributed by atoms with Gasteiger partial charge >= 0.3 is 0 Å². The van der Waals surface area contributed by atoms with Gasteiger partial charge in [0.15, 0.2) is 5.82 Å². The van der Waals surface area contributed by atoms with Crippen molar-refractivity contribution in [3.63, 3.8) is 0 Å². The van der Waals surface area contributed by atoms with Crippen molar-refractivity contribution in [2.75, 3.05) is 42.4 Å². The summed E-state index contributed by atoms with van der Waals surface area (Å²) in [5, 5.41) is 9.89. The van der Waals surface area contributed by atoms with Crippen LogP contribution in [-0.2, 0) is 4.79 Å². The number of hydrogen-bond donors (Lipinski definition) is 3. The van der Waals surface area contributed by atoms with E-state index in [4.69, 9.17) is 9.72 Å². The Kier molecular flexibility index (Phi) is 7.97. The van der Waals surface area contributed by atoms with Crippen molar-refractivity contribution in [2.45, 2.75) is 76.4 Å². The van der Waals surface area contributed by atoms with Crippen LogP contribution in [0.15, 0.2) is 24.4 Å². The molecule has 0 spiro atoms. The smallest absolute Gasteiger partial charge is 0.251 e. The summed E-state index contributed by atoms with van der Waals surface area (Å²) in [6.07, 6.45) is 10.2. The fraction of sp³-hybridized carbons (Fsp3) is 0.571. The number of hydrogen-bond acceptors (Lipinski definition) is 8. The number of aromatic nitrogens is 2. The molecule has 1 saturated heterocycles. The Morgan fingerprint density at radius 2 is 1.97 bits per heavy atom. The van der Waals surface area contributed by atoms with E-state index >= 15 is 0 Å². The van der Waals surface area contributed by atoms with E-state index in [0.29, 0.717) is 48.0 Å². The lowest BCUT2D eigenvalue weighted by molar-refractivity contribution is -0.118. The monoisotopic (exact) mass is 521 g/mol. The molecule has 2 aliphatic heterocycles. The van der Waals surface area contributed by atoms with Crippen LogP contribution >= 0.6 is 0 Å². The van der Waals surface area contributed by atoms with Crippen LogP contribution in [0.4, 0.5) is 23.1 Å². The Hall–Kier alpha value is -3.40. The standard InChI is InChI=1S/C28H39N7O3/c1-18(21-10-6-7-14-29-21)31-27(37)19-11-12-22(24(16-19)38-3)32-28-30-17-23-26(33-28)35(20-8-4-5-9-20)15-13-25(36)34(23)2/h11-12,16-18,20-21,29H,4-10,13-15H2,1-3H3,(H,31,37)(H,30,32,33). The number of benzene rings is 1. The lowest BCUT2D eigenvalue weighted by Gasteiger charge is -2.30. The summed E-state index contributed by atoms with van der Waals surface area (Å²) in [4.78, 5) is 38.9. The van der Waals surface area contributed by atoms with Crippen LogP contribution in [-0.4, -0.2) is 67.2 Å². The van der Waals surface area contributed by atoms with E-state index in [1.54, 1.807) is 37.4 Å². The molecule has 1 aliphatic carbocycles. The van der Waals surface area contributed by atoms with Gasteiger partial charge in [0.05, 0.1) is 19.0 Å². The van der Waals surface area contributed by atoms with Crippen molar-refractivity contribution in [2.24, 2.45) is 0 Å². The molecule has 0 radical (unpaired) electrons. The Labute approximate surface area is 224 Å². The number of carbonyl (C=O) groups excluding carboxylic acids is 2. The molecule has 10 heteroatoms. The lowest BCUT2D eigenvalue weighted by atomic mass is 9.99. The highest BCUT2D eigenvalue weighted by molar-refractivity contribution is 5.97. The van der Waals surface area contributed by atoms with Crippen molar-refractivity contribution >= 4 is 35.0 Å². The average Bonchev–Trinajstić information content (AvgIpc) is 3.44. The molecule has 3 N–H and O–H groups in total. The SMILES string of the molecule is COc1cc(C(=O)NC(C)C2CCCCN2)ccc1Nc1ncc2c(n1)N(C1CCCC1)CCC(=O)N2C. The number of anilines is 4. The van der Waals surface area contributed by atoms with Gasteiger partial charge in [-0.3, -0.25) is 9.59 Å². The van der Waals surface area contributed by atoms with Gasteiger partial charge in [-0.25, -0.2) is 4.98 Å². The number of nitrogens with zero attached hydrogens (tertiary/aromatic N) is 4. The van der Waals surface area contributed by atoms with Gasteiger partial charge in [-0.1, -0.05) is 19.3 Å². The van der Waals surface area contributed by atoms with Gasteiger partial charge in [-0.2, -0.15) is 4.98 Å². The minimum atomic E-state index is -0.129. The van der Waals surface area contributed by atoms with Gasteiger partial charge < -0.3 is 30.5 Å². The van der Waals surface area contributed by atoms with Crippen LogP contribution in [0.5, 0.6) is 5.75 Å². The summed E-state index contributed by atoms with van der Waals surface area (Å²) in [6.45, 7) is 3.69. The maximum absolute atomic E-state index is 13.0. The Balaban J connectivity index is 1.35. The Morgan fingerprint density at radius 3 is 2.71 bits per heavy atom. The number of piperidine rings is 1. The van der Waals surface area contributed by atoms with Crippen LogP contribution in [0.3, 0.4) is 0 Å². The Morgan fingerprint density at radius 1 is 1.18 bits per heavy atom. The average molecular weight is 522 g/mol. The number of nitrogens with one attached hydrogen (secondary N) is 3. The highest BCUT2D eigenvalue weighted by atomic mass is 16.5. The van der Waals surface area contributed by atoms with Crippen molar-refractivity contribution < 1.29 is 14.3 Å². The molecule has 204 valence electrons. The zero-order valence-electron chi connectivity index (χ0n) is 22.6. The van der Waals surface area contributed by atoms with Gasteiger partial charge in [0, 0.05) is 43.7 Å². The number of rotatable bonds is 7. The number of fused-ring (bicyclic) bond motifs is 1. The fourth-order valence-corrected chi connectivity index (χ4v) is 5.82. The second-order valence-corrected chi connectivity index (χ2v) is 10.6. The molecular formula is C28H39N7O3. The summed E-state index contributed by atoms with van der Waals surface area (Å²) in [7, 11) is 3.37. The maximum atomic E-state index is 13.0. The molecule has 1 aromatic carbocycles. The van der Waals surface area contributed by atoms with Gasteiger partial charge in [0.25, 0.3) is 5.91 Å². The number of methoxy groups -OCH3 is 1. The topological polar surface area (TPSA) is 112 Å². The second-order valence-electron chi connectivity index (χ2n) is 10.6. The predicted molar refractivity (Wildman–Crippen MR) is 149 cm³/mol. The normalized spacial score (nSPS) is 21.0. The van der Waals surface area contributed by atoms with Crippen LogP contribution in [0.2, 0.25) is 0 Å². The van der Waals surface area contributed by atoms with Crippen LogP contribution in [0.25, 0.3) is 0 Å². The zero-order valence-corrected chi connectivity index (χ0v) is 22.6. The molecule has 1 aromatic heterocycles. The predicted octanol–water partition coefficient (Wildman–Crippen LogP) is 3.60. The first-order valence-corrected chi connectivity index (χ1v) is 13.8. The molecule has 2 fully saturated rings. The third-order valence-corrected chi connectivity index (χ3v) is 8.11. The van der Waals surface area contributed by atoms with Crippen molar-refractivity contribution in [1.29, 1.82) is 0 Å². The molecular weight excluding hydrogens is 482 g/mol. The molecule has 3 aliphatic rings. The number of ether oxygens (including phenoxy) is 1. The number of amides is 2. The molecule has 2 atom stereocenters. The van der Waals surface area contributed by atoms with Crippen molar-refractivity contribution in [3.8, 4) is 5.75 Å². The largest absolute Gasteiger partial charge is 0.495 e. The van der Waals surface area contributed by atoms with E-state index in [0.717, 1.165) is 37.3 Å². The maximum Gasteiger partial charge on any atom is 0.251 e. The fourth-order valence-electron chi connectivity index (χ4n) is 5.82. The van der Waals surface area contributed by atoms with Gasteiger partial charge in [-0.15, -0.1) is 0 Å². The number of carbonyl (C=O) groups is 2. The van der Waals surface area contributed by atoms with Crippen LogP contribution in [0.1, 0.15) is 68.6 Å². The van der Waals surface area contributed by atoms with Crippen molar-refractivity contribution in [1.82, 2.24) is 20.6 Å². The minimum absolute atomic E-state index is 0.0346. The van der Waals surface area contributed by atoms with Gasteiger partial charge in [-0.05, 0) is 57.4 Å². The third-order valence-electron chi connectivity index (χ3n) is 8.11. The van der Waals surface area contributed by atoms with Gasteiger partial charge in [0.2, 0.25) is 11.9 Å². The molecule has 2 amide bonds. The highest BCUT2D eigenvalue weighted by Gasteiger charge is 2.32. The summed E-state index contributed by atoms with van der Waals surface area (Å²) < 4.78 is 5.62. The van der Waals surface area contributed by atoms with E-state index in [9.17, 15) is 9.59 Å². The molecule has 2 unspecified atom stereocenters. The van der Waals surface area contributed by atoms with Crippen molar-refractivity contribution in [3.05, 3.63) is 30.0 Å². The summed E-state index contributed by atoms with van der Waals surface area (Å²) in [5.74, 6) is 1.67. The first-order chi connectivity index (χ1) is 18.4. The second kappa shape index (κ2) is 11.6. The molecule has 3 heterocycles. The minimum Gasteiger partial charge on any atom is -0.495 e. The molecule has 0 bridgehead atoms. The van der Waals surface area contributed by atoms with E-state index in [1.807, 2.05) is 13.0 Å². The van der Waals surface area contributed by atoms with E-state index in [-0.39, 0.29) is 17.9 Å². The van der Waals surface area contributed by atoms with Crippen LogP contribution in [0, 0.1) is 0 Å². The molecule has 2 aromatic rings. The summed E-state index contributed by atoms with van der Waals surface area (Å²) in [5.41, 5.74) is 1.92. The molecule has 5 rings (SSSR count). The third kappa shape index (κ3) is 5.55. The molecule has 38 heavy (non-hydrogen) atoms. The van der Waals surface area contributed by atoms with E-state index in [1.165, 1.54) is 25.7 Å². The first kappa shape index (κ1) is 26.2. The quantitative estimate of drug-likeness (QED) is 0.507. The zero-order chi connectivity index (χ0) is 26.6. The summed E-state index contributed by atoms with van der Waals surface area (Å²) >= 11 is 0. The van der Waals surface area contributed by atoms with Crippen LogP contribution < -0.4 is 30.5 Å². The first-order valence-electron chi connectivity index (χ1n) is 13.8. The molecule has 1 saturated carbocycles. The highest BCUT2D eigenvalue weighted by Crippen LogP contribution is 2.37. The molecule has 10 nitrogen and oxygen atoms in total. The van der Waals surface area contributed by atoms with E-state index in [2.05, 4.69) is 25.8 Å². The van der Waals surface area contributed by atoms with E-state index < -0.39 is 0 Å². The lowest BCUT2D eigenvalue weighted by Crippen LogP contribution is -2.50.